The summed E-state index contributed by atoms with van der Waals surface area (Å²) in [7, 11) is 0. The van der Waals surface area contributed by atoms with Crippen LogP contribution in [0.25, 0.3) is 0 Å². The van der Waals surface area contributed by atoms with Gasteiger partial charge in [-0.1, -0.05) is 47.6 Å². The highest BCUT2D eigenvalue weighted by Gasteiger charge is 2.68. The summed E-state index contributed by atoms with van der Waals surface area (Å²) in [5.41, 5.74) is 3.12. The van der Waals surface area contributed by atoms with Crippen LogP contribution in [0.1, 0.15) is 77.8 Å². The van der Waals surface area contributed by atoms with Gasteiger partial charge in [-0.3, -0.25) is 0 Å². The van der Waals surface area contributed by atoms with Gasteiger partial charge in [0.25, 0.3) is 0 Å². The Morgan fingerprint density at radius 2 is 1.81 bits per heavy atom. The van der Waals surface area contributed by atoms with E-state index in [0.717, 1.165) is 12.8 Å². The fraction of sp³-hybridized carbons (Fsp3) is 0.750. The number of phenols is 1. The Bertz CT molecular complexity index is 717. The summed E-state index contributed by atoms with van der Waals surface area (Å²) in [5, 5.41) is 21.2. The molecule has 2 nitrogen and oxygen atoms in total. The lowest BCUT2D eigenvalue weighted by Crippen LogP contribution is -2.51. The molecule has 0 radical (unpaired) electrons. The average molecular weight is 357 g/mol. The summed E-state index contributed by atoms with van der Waals surface area (Å²) in [4.78, 5) is 0. The number of phenolic OH excluding ortho intramolecular Hbond substituents is 1. The van der Waals surface area contributed by atoms with Gasteiger partial charge in [0.15, 0.2) is 0 Å². The summed E-state index contributed by atoms with van der Waals surface area (Å²) >= 11 is 0. The third kappa shape index (κ3) is 2.14. The van der Waals surface area contributed by atoms with E-state index in [1.54, 1.807) is 0 Å². The van der Waals surface area contributed by atoms with Gasteiger partial charge in [0.05, 0.1) is 6.10 Å². The number of hydrogen-bond donors (Lipinski definition) is 2. The van der Waals surface area contributed by atoms with Gasteiger partial charge in [0, 0.05) is 0 Å². The van der Waals surface area contributed by atoms with Crippen molar-refractivity contribution in [2.24, 2.45) is 34.0 Å². The number of benzene rings is 1. The molecule has 0 saturated heterocycles. The van der Waals surface area contributed by atoms with Gasteiger partial charge in [-0.2, -0.15) is 0 Å². The molecular formula is C24H36O2. The fourth-order valence-electron chi connectivity index (χ4n) is 7.60. The number of aromatic hydroxyl groups is 1. The molecule has 26 heavy (non-hydrogen) atoms. The molecule has 0 aliphatic heterocycles. The minimum absolute atomic E-state index is 0.0248. The molecule has 0 bridgehead atoms. The van der Waals surface area contributed by atoms with Crippen molar-refractivity contribution in [3.05, 3.63) is 29.3 Å². The second-order valence-electron chi connectivity index (χ2n) is 11.0. The van der Waals surface area contributed by atoms with Crippen molar-refractivity contribution in [2.75, 3.05) is 0 Å². The first-order chi connectivity index (χ1) is 12.0. The van der Waals surface area contributed by atoms with Crippen molar-refractivity contribution in [2.45, 2.75) is 79.2 Å². The van der Waals surface area contributed by atoms with Crippen LogP contribution < -0.4 is 0 Å². The Kier molecular flexibility index (Phi) is 3.88. The van der Waals surface area contributed by atoms with E-state index >= 15 is 0 Å². The maximum atomic E-state index is 11.3. The standard InChI is InChI=1S/C24H36O2/c1-14-21(26)23(5)12-11-18-17-10-8-16(25)13-15(17)7-9-19(18)20(23)24(14,6)22(2,3)4/h8,10,13-14,18-21,25-26H,7,9,11-12H2,1-6H3/t14?,18-,19-,20+,21?,23+,24?/m1/s1. The number of aliphatic hydroxyl groups is 1. The molecule has 7 atom stereocenters. The molecular weight excluding hydrogens is 320 g/mol. The molecule has 3 aliphatic rings. The van der Waals surface area contributed by atoms with Gasteiger partial charge < -0.3 is 10.2 Å². The minimum Gasteiger partial charge on any atom is -0.508 e. The van der Waals surface area contributed by atoms with Gasteiger partial charge in [0.2, 0.25) is 0 Å². The van der Waals surface area contributed by atoms with Crippen molar-refractivity contribution in [3.63, 3.8) is 0 Å². The lowest BCUT2D eigenvalue weighted by atomic mass is 9.47. The van der Waals surface area contributed by atoms with Crippen LogP contribution in [0.2, 0.25) is 0 Å². The maximum absolute atomic E-state index is 11.3. The molecule has 1 aromatic carbocycles. The first-order valence-electron chi connectivity index (χ1n) is 10.5. The van der Waals surface area contributed by atoms with Gasteiger partial charge in [0.1, 0.15) is 5.75 Å². The molecule has 0 spiro atoms. The minimum atomic E-state index is -0.209. The van der Waals surface area contributed by atoms with E-state index in [4.69, 9.17) is 0 Å². The Morgan fingerprint density at radius 3 is 2.46 bits per heavy atom. The van der Waals surface area contributed by atoms with Crippen LogP contribution in [0.5, 0.6) is 5.75 Å². The summed E-state index contributed by atoms with van der Waals surface area (Å²) in [5.74, 6) is 2.47. The Morgan fingerprint density at radius 1 is 1.12 bits per heavy atom. The van der Waals surface area contributed by atoms with E-state index in [0.29, 0.717) is 29.4 Å². The van der Waals surface area contributed by atoms with E-state index in [1.165, 1.54) is 24.0 Å². The van der Waals surface area contributed by atoms with Crippen LogP contribution in [-0.4, -0.2) is 16.3 Å². The topological polar surface area (TPSA) is 40.5 Å². The molecule has 144 valence electrons. The van der Waals surface area contributed by atoms with Gasteiger partial charge in [-0.15, -0.1) is 0 Å². The molecule has 4 rings (SSSR count). The molecule has 3 unspecified atom stereocenters. The SMILES string of the molecule is CC1C(O)[C@@]2(C)CC[C@@H]3c4ccc(O)cc4CC[C@H]3[C@@H]2C1(C)C(C)(C)C. The first kappa shape index (κ1) is 18.3. The van der Waals surface area contributed by atoms with Crippen molar-refractivity contribution in [3.8, 4) is 5.75 Å². The zero-order valence-corrected chi connectivity index (χ0v) is 17.3. The maximum Gasteiger partial charge on any atom is 0.115 e. The molecule has 2 fully saturated rings. The van der Waals surface area contributed by atoms with Crippen molar-refractivity contribution < 1.29 is 10.2 Å². The Labute approximate surface area is 159 Å². The third-order valence-corrected chi connectivity index (χ3v) is 9.28. The Hall–Kier alpha value is -1.02. The summed E-state index contributed by atoms with van der Waals surface area (Å²) in [6.45, 7) is 14.3. The third-order valence-electron chi connectivity index (χ3n) is 9.28. The molecule has 2 saturated carbocycles. The zero-order valence-electron chi connectivity index (χ0n) is 17.3. The number of fused-ring (bicyclic) bond motifs is 5. The van der Waals surface area contributed by atoms with E-state index in [2.05, 4.69) is 47.6 Å². The predicted octanol–water partition coefficient (Wildman–Crippen LogP) is 5.52. The van der Waals surface area contributed by atoms with Gasteiger partial charge in [-0.05, 0) is 88.9 Å². The van der Waals surface area contributed by atoms with E-state index < -0.39 is 0 Å². The van der Waals surface area contributed by atoms with Crippen LogP contribution in [0.4, 0.5) is 0 Å². The van der Waals surface area contributed by atoms with Crippen LogP contribution in [0.3, 0.4) is 0 Å². The molecule has 0 heterocycles. The van der Waals surface area contributed by atoms with Crippen LogP contribution >= 0.6 is 0 Å². The molecule has 0 amide bonds. The monoisotopic (exact) mass is 356 g/mol. The normalized spacial score (nSPS) is 45.0. The van der Waals surface area contributed by atoms with Crippen LogP contribution in [-0.2, 0) is 6.42 Å². The van der Waals surface area contributed by atoms with E-state index in [-0.39, 0.29) is 22.3 Å². The number of aryl methyl sites for hydroxylation is 1. The second-order valence-corrected chi connectivity index (χ2v) is 11.0. The highest BCUT2D eigenvalue weighted by atomic mass is 16.3. The highest BCUT2D eigenvalue weighted by molar-refractivity contribution is 5.40. The van der Waals surface area contributed by atoms with E-state index in [1.807, 2.05) is 12.1 Å². The summed E-state index contributed by atoms with van der Waals surface area (Å²) in [6.07, 6.45) is 4.31. The van der Waals surface area contributed by atoms with Crippen molar-refractivity contribution >= 4 is 0 Å². The van der Waals surface area contributed by atoms with Crippen LogP contribution in [0.15, 0.2) is 18.2 Å². The Balaban J connectivity index is 1.83. The smallest absolute Gasteiger partial charge is 0.115 e. The largest absolute Gasteiger partial charge is 0.508 e. The quantitative estimate of drug-likeness (QED) is 0.643. The highest BCUT2D eigenvalue weighted by Crippen LogP contribution is 2.72. The number of rotatable bonds is 0. The number of hydrogen-bond acceptors (Lipinski definition) is 2. The van der Waals surface area contributed by atoms with Crippen LogP contribution in [0, 0.1) is 34.0 Å². The van der Waals surface area contributed by atoms with Crippen molar-refractivity contribution in [1.82, 2.24) is 0 Å². The second kappa shape index (κ2) is 5.50. The first-order valence-corrected chi connectivity index (χ1v) is 10.5. The zero-order chi connectivity index (χ0) is 19.1. The molecule has 2 N–H and O–H groups in total. The van der Waals surface area contributed by atoms with E-state index in [9.17, 15) is 10.2 Å². The molecule has 3 aliphatic carbocycles. The average Bonchev–Trinajstić information content (AvgIpc) is 2.73. The fourth-order valence-corrected chi connectivity index (χ4v) is 7.60. The molecule has 0 aromatic heterocycles. The van der Waals surface area contributed by atoms with Gasteiger partial charge >= 0.3 is 0 Å². The molecule has 2 heteroatoms. The van der Waals surface area contributed by atoms with Gasteiger partial charge in [-0.25, -0.2) is 0 Å². The lowest BCUT2D eigenvalue weighted by Gasteiger charge is -2.57. The van der Waals surface area contributed by atoms with Crippen molar-refractivity contribution in [1.29, 1.82) is 0 Å². The summed E-state index contributed by atoms with van der Waals surface area (Å²) in [6, 6.07) is 6.02. The molecule has 1 aromatic rings. The summed E-state index contributed by atoms with van der Waals surface area (Å²) < 4.78 is 0. The number of aliphatic hydroxyl groups excluding tert-OH is 1. The lowest BCUT2D eigenvalue weighted by molar-refractivity contribution is -0.0740. The predicted molar refractivity (Wildman–Crippen MR) is 106 cm³/mol.